The Morgan fingerprint density at radius 2 is 2.11 bits per heavy atom. The van der Waals surface area contributed by atoms with Crippen LogP contribution in [0, 0.1) is 6.92 Å². The van der Waals surface area contributed by atoms with Gasteiger partial charge in [0, 0.05) is 18.8 Å². The number of nitrogens with one attached hydrogen (secondary N) is 1. The zero-order chi connectivity index (χ0) is 13.5. The molecule has 0 saturated carbocycles. The maximum atomic E-state index is 3.48. The van der Waals surface area contributed by atoms with Crippen LogP contribution < -0.4 is 10.2 Å². The van der Waals surface area contributed by atoms with Gasteiger partial charge in [-0.15, -0.1) is 0 Å². The van der Waals surface area contributed by atoms with Crippen molar-refractivity contribution in [1.82, 2.24) is 5.32 Å². The summed E-state index contributed by atoms with van der Waals surface area (Å²) in [5.74, 6) is 0. The molecule has 1 heterocycles. The molecule has 1 aliphatic heterocycles. The van der Waals surface area contributed by atoms with Crippen LogP contribution in [0.25, 0.3) is 0 Å². The minimum atomic E-state index is 1.16. The second kappa shape index (κ2) is 7.54. The van der Waals surface area contributed by atoms with Gasteiger partial charge in [0.1, 0.15) is 0 Å². The molecule has 0 unspecified atom stereocenters. The molecule has 2 heteroatoms. The number of hydrogen-bond donors (Lipinski definition) is 1. The number of unbranched alkanes of at least 4 members (excludes halogenated alkanes) is 1. The Hall–Kier alpha value is -1.02. The highest BCUT2D eigenvalue weighted by Crippen LogP contribution is 2.27. The van der Waals surface area contributed by atoms with E-state index in [0.29, 0.717) is 0 Å². The lowest BCUT2D eigenvalue weighted by atomic mass is 9.99. The molecule has 0 spiro atoms. The molecule has 2 rings (SSSR count). The minimum Gasteiger partial charge on any atom is -0.371 e. The third-order valence-corrected chi connectivity index (χ3v) is 3.91. The molecule has 106 valence electrons. The van der Waals surface area contributed by atoms with Gasteiger partial charge in [-0.1, -0.05) is 24.6 Å². The van der Waals surface area contributed by atoms with E-state index in [9.17, 15) is 0 Å². The summed E-state index contributed by atoms with van der Waals surface area (Å²) < 4.78 is 0. The Labute approximate surface area is 118 Å². The summed E-state index contributed by atoms with van der Waals surface area (Å²) in [6, 6.07) is 6.93. The smallest absolute Gasteiger partial charge is 0.0398 e. The van der Waals surface area contributed by atoms with E-state index >= 15 is 0 Å². The quantitative estimate of drug-likeness (QED) is 0.755. The van der Waals surface area contributed by atoms with E-state index < -0.39 is 0 Å². The van der Waals surface area contributed by atoms with Crippen molar-refractivity contribution in [1.29, 1.82) is 0 Å². The van der Waals surface area contributed by atoms with Crippen molar-refractivity contribution in [2.45, 2.75) is 46.0 Å². The van der Waals surface area contributed by atoms with Crippen LogP contribution in [0.15, 0.2) is 18.2 Å². The molecule has 0 aromatic heterocycles. The van der Waals surface area contributed by atoms with Gasteiger partial charge in [0.05, 0.1) is 0 Å². The van der Waals surface area contributed by atoms with Gasteiger partial charge in [-0.2, -0.15) is 0 Å². The maximum absolute atomic E-state index is 3.48. The molecule has 2 nitrogen and oxygen atoms in total. The van der Waals surface area contributed by atoms with E-state index in [2.05, 4.69) is 42.3 Å². The van der Waals surface area contributed by atoms with Crippen LogP contribution in [0.2, 0.25) is 0 Å². The number of rotatable bonds is 7. The third-order valence-electron chi connectivity index (χ3n) is 3.91. The molecule has 1 aliphatic rings. The highest BCUT2D eigenvalue weighted by Gasteiger charge is 2.15. The number of aryl methyl sites for hydroxylation is 2. The Balaban J connectivity index is 1.79. The number of benzene rings is 1. The summed E-state index contributed by atoms with van der Waals surface area (Å²) in [7, 11) is 0. The highest BCUT2D eigenvalue weighted by molar-refractivity contribution is 5.56. The first-order chi connectivity index (χ1) is 9.31. The Morgan fingerprint density at radius 3 is 2.95 bits per heavy atom. The third kappa shape index (κ3) is 4.24. The van der Waals surface area contributed by atoms with Crippen molar-refractivity contribution >= 4 is 5.69 Å². The standard InChI is InChI=1S/C17H28N2/c1-3-10-18-11-4-5-12-19-13-6-7-16-14-15(2)8-9-17(16)19/h8-9,14,18H,3-7,10-13H2,1-2H3. The summed E-state index contributed by atoms with van der Waals surface area (Å²) in [6.45, 7) is 9.19. The number of hydrogen-bond acceptors (Lipinski definition) is 2. The second-order valence-electron chi connectivity index (χ2n) is 5.68. The maximum Gasteiger partial charge on any atom is 0.0398 e. The predicted molar refractivity (Wildman–Crippen MR) is 84.1 cm³/mol. The van der Waals surface area contributed by atoms with Crippen molar-refractivity contribution in [3.63, 3.8) is 0 Å². The Bertz CT molecular complexity index is 387. The largest absolute Gasteiger partial charge is 0.371 e. The monoisotopic (exact) mass is 260 g/mol. The van der Waals surface area contributed by atoms with Crippen LogP contribution in [0.5, 0.6) is 0 Å². The molecule has 1 aromatic rings. The summed E-state index contributed by atoms with van der Waals surface area (Å²) in [4.78, 5) is 2.58. The van der Waals surface area contributed by atoms with Crippen molar-refractivity contribution in [3.8, 4) is 0 Å². The average molecular weight is 260 g/mol. The van der Waals surface area contributed by atoms with Gasteiger partial charge >= 0.3 is 0 Å². The Morgan fingerprint density at radius 1 is 1.21 bits per heavy atom. The fourth-order valence-electron chi connectivity index (χ4n) is 2.89. The van der Waals surface area contributed by atoms with Gasteiger partial charge in [-0.3, -0.25) is 0 Å². The summed E-state index contributed by atoms with van der Waals surface area (Å²) in [5, 5.41) is 3.48. The SMILES string of the molecule is CCCNCCCCN1CCCc2cc(C)ccc21. The molecule has 0 bridgehead atoms. The van der Waals surface area contributed by atoms with Crippen LogP contribution in [-0.2, 0) is 6.42 Å². The van der Waals surface area contributed by atoms with E-state index in [-0.39, 0.29) is 0 Å². The van der Waals surface area contributed by atoms with Crippen LogP contribution in [-0.4, -0.2) is 26.2 Å². The predicted octanol–water partition coefficient (Wildman–Crippen LogP) is 3.53. The molecule has 0 fully saturated rings. The molecule has 0 saturated heterocycles. The molecule has 1 aromatic carbocycles. The van der Waals surface area contributed by atoms with Gasteiger partial charge in [-0.25, -0.2) is 0 Å². The first-order valence-corrected chi connectivity index (χ1v) is 7.86. The van der Waals surface area contributed by atoms with E-state index in [1.165, 1.54) is 63.0 Å². The van der Waals surface area contributed by atoms with Crippen molar-refractivity contribution in [3.05, 3.63) is 29.3 Å². The van der Waals surface area contributed by atoms with Crippen molar-refractivity contribution in [2.24, 2.45) is 0 Å². The Kier molecular flexibility index (Phi) is 5.71. The van der Waals surface area contributed by atoms with E-state index in [4.69, 9.17) is 0 Å². The molecule has 1 N–H and O–H groups in total. The van der Waals surface area contributed by atoms with Gasteiger partial charge in [0.2, 0.25) is 0 Å². The number of fused-ring (bicyclic) bond motifs is 1. The molecule has 0 aliphatic carbocycles. The first kappa shape index (κ1) is 14.4. The van der Waals surface area contributed by atoms with Crippen LogP contribution in [0.1, 0.15) is 43.7 Å². The molecule has 0 amide bonds. The average Bonchev–Trinajstić information content (AvgIpc) is 2.42. The van der Waals surface area contributed by atoms with E-state index in [0.717, 1.165) is 6.54 Å². The summed E-state index contributed by atoms with van der Waals surface area (Å²) in [6.07, 6.45) is 6.39. The van der Waals surface area contributed by atoms with Crippen LogP contribution >= 0.6 is 0 Å². The first-order valence-electron chi connectivity index (χ1n) is 7.86. The highest BCUT2D eigenvalue weighted by atomic mass is 15.1. The zero-order valence-electron chi connectivity index (χ0n) is 12.5. The number of nitrogens with zero attached hydrogens (tertiary/aromatic N) is 1. The van der Waals surface area contributed by atoms with Gasteiger partial charge < -0.3 is 10.2 Å². The fraction of sp³-hybridized carbons (Fsp3) is 0.647. The molecular weight excluding hydrogens is 232 g/mol. The van der Waals surface area contributed by atoms with Gasteiger partial charge in [-0.05, 0) is 63.7 Å². The van der Waals surface area contributed by atoms with Crippen LogP contribution in [0.3, 0.4) is 0 Å². The molecule has 0 atom stereocenters. The minimum absolute atomic E-state index is 1.16. The lowest BCUT2D eigenvalue weighted by Crippen LogP contribution is -2.30. The normalized spacial score (nSPS) is 14.5. The zero-order valence-corrected chi connectivity index (χ0v) is 12.5. The fourth-order valence-corrected chi connectivity index (χ4v) is 2.89. The van der Waals surface area contributed by atoms with E-state index in [1.807, 2.05) is 0 Å². The summed E-state index contributed by atoms with van der Waals surface area (Å²) in [5.41, 5.74) is 4.43. The van der Waals surface area contributed by atoms with Gasteiger partial charge in [0.15, 0.2) is 0 Å². The second-order valence-corrected chi connectivity index (χ2v) is 5.68. The molecule has 19 heavy (non-hydrogen) atoms. The van der Waals surface area contributed by atoms with Crippen LogP contribution in [0.4, 0.5) is 5.69 Å². The van der Waals surface area contributed by atoms with Crippen molar-refractivity contribution in [2.75, 3.05) is 31.1 Å². The number of anilines is 1. The molecular formula is C17H28N2. The van der Waals surface area contributed by atoms with E-state index in [1.54, 1.807) is 5.56 Å². The molecule has 0 radical (unpaired) electrons. The summed E-state index contributed by atoms with van der Waals surface area (Å²) >= 11 is 0. The van der Waals surface area contributed by atoms with Gasteiger partial charge in [0.25, 0.3) is 0 Å². The lowest BCUT2D eigenvalue weighted by molar-refractivity contribution is 0.596. The van der Waals surface area contributed by atoms with Crippen molar-refractivity contribution < 1.29 is 0 Å². The lowest BCUT2D eigenvalue weighted by Gasteiger charge is -2.31. The topological polar surface area (TPSA) is 15.3 Å².